The molecule has 1 aliphatic rings. The molecular weight excluding hydrogens is 222 g/mol. The molecule has 1 saturated heterocycles. The molecule has 0 unspecified atom stereocenters. The molecule has 78 valence electrons. The Labute approximate surface area is 92.0 Å². The Bertz CT molecular complexity index is 286. The third-order valence-electron chi connectivity index (χ3n) is 2.24. The van der Waals surface area contributed by atoms with Gasteiger partial charge in [0, 0.05) is 18.6 Å². The zero-order chi connectivity index (χ0) is 9.80. The first-order valence-electron chi connectivity index (χ1n) is 4.66. The highest BCUT2D eigenvalue weighted by Gasteiger charge is 2.14. The summed E-state index contributed by atoms with van der Waals surface area (Å²) in [7, 11) is 0. The van der Waals surface area contributed by atoms with Crippen LogP contribution in [0.2, 0.25) is 5.15 Å². The standard InChI is InChI=1S/C9H12ClNO2S/c10-8-6-14-9(11-8)13-5-7-1-3-12-4-2-7/h6-7H,1-5H2. The molecular formula is C9H12ClNO2S. The van der Waals surface area contributed by atoms with Gasteiger partial charge in [-0.05, 0) is 18.8 Å². The van der Waals surface area contributed by atoms with E-state index in [0.29, 0.717) is 16.3 Å². The summed E-state index contributed by atoms with van der Waals surface area (Å²) in [6, 6.07) is 0. The van der Waals surface area contributed by atoms with Crippen molar-refractivity contribution < 1.29 is 9.47 Å². The van der Waals surface area contributed by atoms with Gasteiger partial charge in [0.05, 0.1) is 6.61 Å². The molecule has 1 fully saturated rings. The van der Waals surface area contributed by atoms with E-state index < -0.39 is 0 Å². The largest absolute Gasteiger partial charge is 0.470 e. The lowest BCUT2D eigenvalue weighted by molar-refractivity contribution is 0.0497. The lowest BCUT2D eigenvalue weighted by atomic mass is 10.0. The summed E-state index contributed by atoms with van der Waals surface area (Å²) >= 11 is 7.12. The van der Waals surface area contributed by atoms with E-state index in [2.05, 4.69) is 4.98 Å². The molecule has 2 rings (SSSR count). The second-order valence-corrected chi connectivity index (χ2v) is 4.51. The predicted molar refractivity (Wildman–Crippen MR) is 56.2 cm³/mol. The molecule has 0 spiro atoms. The number of thiazole rings is 1. The number of rotatable bonds is 3. The van der Waals surface area contributed by atoms with Gasteiger partial charge in [-0.25, -0.2) is 0 Å². The minimum absolute atomic E-state index is 0.511. The summed E-state index contributed by atoms with van der Waals surface area (Å²) < 4.78 is 10.8. The molecule has 1 aromatic rings. The van der Waals surface area contributed by atoms with Crippen LogP contribution in [-0.2, 0) is 4.74 Å². The number of nitrogens with zero attached hydrogens (tertiary/aromatic N) is 1. The van der Waals surface area contributed by atoms with Crippen molar-refractivity contribution in [3.05, 3.63) is 10.5 Å². The van der Waals surface area contributed by atoms with Gasteiger partial charge >= 0.3 is 0 Å². The number of ether oxygens (including phenoxy) is 2. The minimum atomic E-state index is 0.511. The van der Waals surface area contributed by atoms with Crippen LogP contribution < -0.4 is 4.74 Å². The maximum atomic E-state index is 5.68. The van der Waals surface area contributed by atoms with Gasteiger partial charge in [0.25, 0.3) is 5.19 Å². The van der Waals surface area contributed by atoms with Crippen molar-refractivity contribution in [3.8, 4) is 5.19 Å². The molecule has 0 aliphatic carbocycles. The van der Waals surface area contributed by atoms with E-state index in [1.54, 1.807) is 5.38 Å². The van der Waals surface area contributed by atoms with Crippen LogP contribution in [0.1, 0.15) is 12.8 Å². The topological polar surface area (TPSA) is 31.4 Å². The zero-order valence-electron chi connectivity index (χ0n) is 7.74. The third kappa shape index (κ3) is 2.83. The molecule has 1 aromatic heterocycles. The van der Waals surface area contributed by atoms with E-state index in [4.69, 9.17) is 21.1 Å². The third-order valence-corrected chi connectivity index (χ3v) is 3.31. The van der Waals surface area contributed by atoms with Crippen molar-refractivity contribution in [2.45, 2.75) is 12.8 Å². The van der Waals surface area contributed by atoms with Crippen LogP contribution in [0.25, 0.3) is 0 Å². The number of hydrogen-bond donors (Lipinski definition) is 0. The average molecular weight is 234 g/mol. The number of halogens is 1. The summed E-state index contributed by atoms with van der Waals surface area (Å²) in [5.41, 5.74) is 0. The second-order valence-electron chi connectivity index (χ2n) is 3.30. The van der Waals surface area contributed by atoms with Gasteiger partial charge in [0.15, 0.2) is 0 Å². The second kappa shape index (κ2) is 4.96. The first kappa shape index (κ1) is 10.2. The van der Waals surface area contributed by atoms with Gasteiger partial charge in [0.2, 0.25) is 0 Å². The van der Waals surface area contributed by atoms with Gasteiger partial charge < -0.3 is 9.47 Å². The highest BCUT2D eigenvalue weighted by molar-refractivity contribution is 7.11. The van der Waals surface area contributed by atoms with Crippen LogP contribution in [0.5, 0.6) is 5.19 Å². The van der Waals surface area contributed by atoms with Crippen LogP contribution in [-0.4, -0.2) is 24.8 Å². The van der Waals surface area contributed by atoms with E-state index in [1.807, 2.05) is 0 Å². The monoisotopic (exact) mass is 233 g/mol. The molecule has 0 amide bonds. The fraction of sp³-hybridized carbons (Fsp3) is 0.667. The lowest BCUT2D eigenvalue weighted by Crippen LogP contribution is -2.21. The maximum Gasteiger partial charge on any atom is 0.274 e. The summed E-state index contributed by atoms with van der Waals surface area (Å²) in [6.07, 6.45) is 2.16. The molecule has 0 aromatic carbocycles. The van der Waals surface area contributed by atoms with Gasteiger partial charge in [-0.15, -0.1) is 0 Å². The predicted octanol–water partition coefficient (Wildman–Crippen LogP) is 2.60. The first-order valence-corrected chi connectivity index (χ1v) is 5.92. The quantitative estimate of drug-likeness (QED) is 0.804. The fourth-order valence-corrected chi connectivity index (χ4v) is 2.21. The van der Waals surface area contributed by atoms with Crippen molar-refractivity contribution >= 4 is 22.9 Å². The smallest absolute Gasteiger partial charge is 0.274 e. The molecule has 3 nitrogen and oxygen atoms in total. The molecule has 0 saturated carbocycles. The van der Waals surface area contributed by atoms with Gasteiger partial charge in [-0.1, -0.05) is 22.9 Å². The molecule has 14 heavy (non-hydrogen) atoms. The van der Waals surface area contributed by atoms with Crippen LogP contribution in [0.15, 0.2) is 5.38 Å². The maximum absolute atomic E-state index is 5.68. The Morgan fingerprint density at radius 2 is 2.36 bits per heavy atom. The zero-order valence-corrected chi connectivity index (χ0v) is 9.31. The lowest BCUT2D eigenvalue weighted by Gasteiger charge is -2.21. The van der Waals surface area contributed by atoms with Crippen LogP contribution in [0, 0.1) is 5.92 Å². The van der Waals surface area contributed by atoms with E-state index >= 15 is 0 Å². The van der Waals surface area contributed by atoms with Crippen LogP contribution in [0.4, 0.5) is 0 Å². The summed E-state index contributed by atoms with van der Waals surface area (Å²) in [5.74, 6) is 0.603. The van der Waals surface area contributed by atoms with E-state index in [-0.39, 0.29) is 0 Å². The Balaban J connectivity index is 1.76. The molecule has 0 radical (unpaired) electrons. The Morgan fingerprint density at radius 1 is 1.57 bits per heavy atom. The van der Waals surface area contributed by atoms with Crippen molar-refractivity contribution in [3.63, 3.8) is 0 Å². The molecule has 0 N–H and O–H groups in total. The van der Waals surface area contributed by atoms with Gasteiger partial charge in [-0.3, -0.25) is 0 Å². The van der Waals surface area contributed by atoms with E-state index in [1.165, 1.54) is 11.3 Å². The minimum Gasteiger partial charge on any atom is -0.470 e. The normalized spacial score (nSPS) is 18.4. The number of aromatic nitrogens is 1. The highest BCUT2D eigenvalue weighted by atomic mass is 35.5. The molecule has 1 aliphatic heterocycles. The van der Waals surface area contributed by atoms with Crippen LogP contribution >= 0.6 is 22.9 Å². The van der Waals surface area contributed by atoms with E-state index in [9.17, 15) is 0 Å². The molecule has 0 bridgehead atoms. The fourth-order valence-electron chi connectivity index (χ4n) is 1.41. The van der Waals surface area contributed by atoms with Gasteiger partial charge in [-0.2, -0.15) is 4.98 Å². The summed E-state index contributed by atoms with van der Waals surface area (Å²) in [6.45, 7) is 2.44. The Hall–Kier alpha value is -0.320. The Kier molecular flexibility index (Phi) is 3.61. The van der Waals surface area contributed by atoms with E-state index in [0.717, 1.165) is 32.7 Å². The molecule has 0 atom stereocenters. The number of hydrogen-bond acceptors (Lipinski definition) is 4. The SMILES string of the molecule is Clc1csc(OCC2CCOCC2)n1. The average Bonchev–Trinajstić information content (AvgIpc) is 2.63. The summed E-state index contributed by atoms with van der Waals surface area (Å²) in [4.78, 5) is 4.03. The molecule has 2 heterocycles. The van der Waals surface area contributed by atoms with Crippen LogP contribution in [0.3, 0.4) is 0 Å². The molecule has 5 heteroatoms. The van der Waals surface area contributed by atoms with Crippen molar-refractivity contribution in [2.75, 3.05) is 19.8 Å². The first-order chi connectivity index (χ1) is 6.84. The van der Waals surface area contributed by atoms with Crippen molar-refractivity contribution in [2.24, 2.45) is 5.92 Å². The summed E-state index contributed by atoms with van der Waals surface area (Å²) in [5, 5.41) is 2.96. The van der Waals surface area contributed by atoms with Crippen molar-refractivity contribution in [1.82, 2.24) is 4.98 Å². The van der Waals surface area contributed by atoms with Gasteiger partial charge in [0.1, 0.15) is 5.15 Å². The Morgan fingerprint density at radius 3 is 3.00 bits per heavy atom. The van der Waals surface area contributed by atoms with Crippen molar-refractivity contribution in [1.29, 1.82) is 0 Å². The highest BCUT2D eigenvalue weighted by Crippen LogP contribution is 2.23.